The Hall–Kier alpha value is -3.33. The molecule has 31 heavy (non-hydrogen) atoms. The summed E-state index contributed by atoms with van der Waals surface area (Å²) in [6, 6.07) is 11.9. The van der Waals surface area contributed by atoms with Gasteiger partial charge in [-0.25, -0.2) is 4.39 Å². The summed E-state index contributed by atoms with van der Waals surface area (Å²) in [5, 5.41) is 15.1. The van der Waals surface area contributed by atoms with E-state index in [2.05, 4.69) is 15.6 Å². The molecule has 7 nitrogen and oxygen atoms in total. The van der Waals surface area contributed by atoms with E-state index in [1.54, 1.807) is 6.20 Å². The normalized spacial score (nSPS) is 11.8. The van der Waals surface area contributed by atoms with Crippen LogP contribution in [-0.4, -0.2) is 52.0 Å². The minimum Gasteiger partial charge on any atom is -0.481 e. The predicted molar refractivity (Wildman–Crippen MR) is 118 cm³/mol. The van der Waals surface area contributed by atoms with Crippen molar-refractivity contribution in [3.8, 4) is 0 Å². The Morgan fingerprint density at radius 2 is 1.84 bits per heavy atom. The van der Waals surface area contributed by atoms with Crippen LogP contribution in [0.2, 0.25) is 0 Å². The molecule has 0 aliphatic carbocycles. The molecule has 0 bridgehead atoms. The fourth-order valence-corrected chi connectivity index (χ4v) is 3.67. The average Bonchev–Trinajstić information content (AvgIpc) is 3.16. The minimum atomic E-state index is -0.917. The van der Waals surface area contributed by atoms with Gasteiger partial charge in [0.15, 0.2) is 0 Å². The van der Waals surface area contributed by atoms with Crippen molar-refractivity contribution < 1.29 is 23.9 Å². The van der Waals surface area contributed by atoms with Crippen LogP contribution in [-0.2, 0) is 16.0 Å². The second-order valence-corrected chi connectivity index (χ2v) is 7.94. The average molecular weight is 444 g/mol. The van der Waals surface area contributed by atoms with Gasteiger partial charge in [-0.05, 0) is 35.9 Å². The third-order valence-corrected chi connectivity index (χ3v) is 5.54. The topological polar surface area (TPSA) is 111 Å². The Bertz CT molecular complexity index is 1070. The van der Waals surface area contributed by atoms with Crippen LogP contribution in [0, 0.1) is 5.82 Å². The van der Waals surface area contributed by atoms with E-state index in [1.165, 1.54) is 36.0 Å². The molecule has 0 saturated carbocycles. The van der Waals surface area contributed by atoms with E-state index in [9.17, 15) is 18.8 Å². The molecule has 9 heteroatoms. The Labute approximate surface area is 182 Å². The Kier molecular flexibility index (Phi) is 7.66. The molecule has 4 N–H and O–H groups in total. The first-order chi connectivity index (χ1) is 14.9. The molecule has 0 aliphatic rings. The second-order valence-electron chi connectivity index (χ2n) is 6.83. The summed E-state index contributed by atoms with van der Waals surface area (Å²) in [5.41, 5.74) is 2.04. The van der Waals surface area contributed by atoms with Crippen molar-refractivity contribution in [1.29, 1.82) is 0 Å². The van der Waals surface area contributed by atoms with Gasteiger partial charge >= 0.3 is 5.97 Å². The molecule has 2 amide bonds. The number of hydrogen-bond acceptors (Lipinski definition) is 4. The number of amides is 2. The lowest BCUT2D eigenvalue weighted by Crippen LogP contribution is -2.48. The van der Waals surface area contributed by atoms with Gasteiger partial charge in [0, 0.05) is 41.4 Å². The van der Waals surface area contributed by atoms with Crippen molar-refractivity contribution in [2.45, 2.75) is 12.5 Å². The molecule has 2 aromatic carbocycles. The minimum absolute atomic E-state index is 0.0457. The van der Waals surface area contributed by atoms with Gasteiger partial charge in [0.1, 0.15) is 11.9 Å². The number of H-pyrrole nitrogens is 1. The Balaban J connectivity index is 1.71. The van der Waals surface area contributed by atoms with Crippen molar-refractivity contribution in [1.82, 2.24) is 15.6 Å². The van der Waals surface area contributed by atoms with Crippen molar-refractivity contribution in [2.24, 2.45) is 0 Å². The lowest BCUT2D eigenvalue weighted by molar-refractivity contribution is -0.133. The molecule has 0 aliphatic heterocycles. The highest BCUT2D eigenvalue weighted by atomic mass is 32.2. The first-order valence-electron chi connectivity index (χ1n) is 9.62. The van der Waals surface area contributed by atoms with Crippen molar-refractivity contribution in [2.75, 3.05) is 18.1 Å². The van der Waals surface area contributed by atoms with Crippen LogP contribution in [0.1, 0.15) is 15.9 Å². The van der Waals surface area contributed by atoms with Crippen LogP contribution in [0.25, 0.3) is 10.9 Å². The van der Waals surface area contributed by atoms with Gasteiger partial charge in [-0.1, -0.05) is 18.2 Å². The zero-order valence-electron chi connectivity index (χ0n) is 16.6. The number of aromatic amines is 1. The molecule has 3 rings (SSSR count). The largest absolute Gasteiger partial charge is 0.481 e. The number of carboxylic acids is 1. The fourth-order valence-electron chi connectivity index (χ4n) is 3.10. The molecule has 1 atom stereocenters. The number of carboxylic acid groups (broad SMARTS) is 1. The number of para-hydroxylation sites is 1. The number of fused-ring (bicyclic) bond motifs is 1. The first-order valence-corrected chi connectivity index (χ1v) is 10.8. The van der Waals surface area contributed by atoms with Gasteiger partial charge in [-0.3, -0.25) is 14.4 Å². The van der Waals surface area contributed by atoms with E-state index in [1.807, 2.05) is 24.3 Å². The quantitative estimate of drug-likeness (QED) is 0.360. The van der Waals surface area contributed by atoms with Crippen LogP contribution in [0.3, 0.4) is 0 Å². The number of rotatable bonds is 10. The number of carbonyl (C=O) groups excluding carboxylic acids is 2. The van der Waals surface area contributed by atoms with Gasteiger partial charge in [0.2, 0.25) is 5.91 Å². The molecule has 1 heterocycles. The maximum absolute atomic E-state index is 13.2. The van der Waals surface area contributed by atoms with Crippen LogP contribution < -0.4 is 10.6 Å². The standard InChI is InChI=1S/C22H22FN3O4S/c23-16-7-5-14(6-8-16)21(29)26-19(22(30)24-9-10-31-13-20(27)28)11-15-12-25-18-4-2-1-3-17(15)18/h1-8,12,19,25H,9-11,13H2,(H,24,30)(H,26,29)(H,27,28). The Morgan fingerprint density at radius 1 is 1.10 bits per heavy atom. The number of aliphatic carboxylic acids is 1. The summed E-state index contributed by atoms with van der Waals surface area (Å²) < 4.78 is 13.2. The third kappa shape index (κ3) is 6.32. The summed E-state index contributed by atoms with van der Waals surface area (Å²) in [7, 11) is 0. The van der Waals surface area contributed by atoms with Crippen LogP contribution in [0.4, 0.5) is 4.39 Å². The molecular weight excluding hydrogens is 421 g/mol. The third-order valence-electron chi connectivity index (χ3n) is 4.60. The van der Waals surface area contributed by atoms with E-state index in [0.717, 1.165) is 16.5 Å². The van der Waals surface area contributed by atoms with Crippen molar-refractivity contribution >= 4 is 40.4 Å². The van der Waals surface area contributed by atoms with Crippen molar-refractivity contribution in [3.05, 3.63) is 71.7 Å². The number of hydrogen-bond donors (Lipinski definition) is 4. The lowest BCUT2D eigenvalue weighted by Gasteiger charge is -2.18. The highest BCUT2D eigenvalue weighted by Crippen LogP contribution is 2.19. The SMILES string of the molecule is O=C(O)CSCCNC(=O)C(Cc1c[nH]c2ccccc12)NC(=O)c1ccc(F)cc1. The summed E-state index contributed by atoms with van der Waals surface area (Å²) in [6.07, 6.45) is 2.06. The van der Waals surface area contributed by atoms with E-state index >= 15 is 0 Å². The van der Waals surface area contributed by atoms with E-state index in [4.69, 9.17) is 5.11 Å². The summed E-state index contributed by atoms with van der Waals surface area (Å²) >= 11 is 1.19. The second kappa shape index (κ2) is 10.6. The zero-order valence-corrected chi connectivity index (χ0v) is 17.4. The smallest absolute Gasteiger partial charge is 0.313 e. The number of thioether (sulfide) groups is 1. The van der Waals surface area contributed by atoms with E-state index in [-0.39, 0.29) is 30.2 Å². The van der Waals surface area contributed by atoms with Gasteiger partial charge in [0.05, 0.1) is 5.75 Å². The van der Waals surface area contributed by atoms with E-state index < -0.39 is 23.7 Å². The monoisotopic (exact) mass is 443 g/mol. The maximum atomic E-state index is 13.2. The summed E-state index contributed by atoms with van der Waals surface area (Å²) in [5.74, 6) is -1.85. The number of benzene rings is 2. The van der Waals surface area contributed by atoms with Gasteiger partial charge in [-0.2, -0.15) is 0 Å². The lowest BCUT2D eigenvalue weighted by atomic mass is 10.0. The summed E-state index contributed by atoms with van der Waals surface area (Å²) in [6.45, 7) is 0.271. The van der Waals surface area contributed by atoms with Crippen LogP contribution in [0.15, 0.2) is 54.7 Å². The van der Waals surface area contributed by atoms with Crippen LogP contribution >= 0.6 is 11.8 Å². The molecule has 162 valence electrons. The molecule has 0 radical (unpaired) electrons. The first kappa shape index (κ1) is 22.4. The van der Waals surface area contributed by atoms with Crippen molar-refractivity contribution in [3.63, 3.8) is 0 Å². The molecule has 0 spiro atoms. The zero-order chi connectivity index (χ0) is 22.2. The highest BCUT2D eigenvalue weighted by molar-refractivity contribution is 7.99. The maximum Gasteiger partial charge on any atom is 0.313 e. The predicted octanol–water partition coefficient (Wildman–Crippen LogP) is 2.58. The fraction of sp³-hybridized carbons (Fsp3) is 0.227. The summed E-state index contributed by atoms with van der Waals surface area (Å²) in [4.78, 5) is 39.2. The number of carbonyl (C=O) groups is 3. The number of nitrogens with one attached hydrogen (secondary N) is 3. The van der Waals surface area contributed by atoms with Gasteiger partial charge in [0.25, 0.3) is 5.91 Å². The molecule has 3 aromatic rings. The molecule has 0 fully saturated rings. The number of aromatic nitrogens is 1. The molecule has 1 unspecified atom stereocenters. The van der Waals surface area contributed by atoms with Crippen LogP contribution in [0.5, 0.6) is 0 Å². The van der Waals surface area contributed by atoms with Gasteiger partial charge in [-0.15, -0.1) is 11.8 Å². The molecule has 0 saturated heterocycles. The highest BCUT2D eigenvalue weighted by Gasteiger charge is 2.23. The van der Waals surface area contributed by atoms with E-state index in [0.29, 0.717) is 5.75 Å². The molecule has 1 aromatic heterocycles. The Morgan fingerprint density at radius 3 is 2.58 bits per heavy atom. The molecular formula is C22H22FN3O4S. The number of halogens is 1. The van der Waals surface area contributed by atoms with Gasteiger partial charge < -0.3 is 20.7 Å².